The van der Waals surface area contributed by atoms with Crippen LogP contribution in [0.3, 0.4) is 0 Å². The first-order valence-electron chi connectivity index (χ1n) is 5.99. The van der Waals surface area contributed by atoms with Crippen LogP contribution >= 0.6 is 15.9 Å². The molecule has 0 unspecified atom stereocenters. The van der Waals surface area contributed by atoms with E-state index in [0.29, 0.717) is 15.6 Å². The van der Waals surface area contributed by atoms with E-state index in [9.17, 15) is 9.18 Å². The highest BCUT2D eigenvalue weighted by Crippen LogP contribution is 2.20. The summed E-state index contributed by atoms with van der Waals surface area (Å²) in [5.74, 6) is -0.667. The van der Waals surface area contributed by atoms with Crippen molar-refractivity contribution in [1.82, 2.24) is 4.98 Å². The molecule has 20 heavy (non-hydrogen) atoms. The number of hydrogen-bond acceptors (Lipinski definition) is 2. The second-order valence-corrected chi connectivity index (χ2v) is 5.31. The van der Waals surface area contributed by atoms with Gasteiger partial charge in [0.2, 0.25) is 0 Å². The normalized spacial score (nSPS) is 10.7. The Morgan fingerprint density at radius 2 is 1.90 bits per heavy atom. The lowest BCUT2D eigenvalue weighted by molar-refractivity contribution is 0.103. The van der Waals surface area contributed by atoms with Crippen molar-refractivity contribution < 1.29 is 9.18 Å². The molecule has 0 radical (unpaired) electrons. The molecule has 2 nitrogen and oxygen atoms in total. The molecule has 0 bridgehead atoms. The van der Waals surface area contributed by atoms with Crippen molar-refractivity contribution in [2.75, 3.05) is 0 Å². The fourth-order valence-electron chi connectivity index (χ4n) is 2.06. The Balaban J connectivity index is 2.07. The minimum atomic E-state index is -0.443. The highest BCUT2D eigenvalue weighted by molar-refractivity contribution is 9.10. The predicted molar refractivity (Wildman–Crippen MR) is 79.3 cm³/mol. The molecule has 2 aromatic carbocycles. The fourth-order valence-corrected chi connectivity index (χ4v) is 2.52. The SMILES string of the molecule is O=C(c1cc(F)cc(Br)c1)c1ccc2cccnc2c1. The number of rotatable bonds is 2. The smallest absolute Gasteiger partial charge is 0.193 e. The number of aromatic nitrogens is 1. The Morgan fingerprint density at radius 3 is 2.70 bits per heavy atom. The van der Waals surface area contributed by atoms with E-state index in [-0.39, 0.29) is 5.78 Å². The molecule has 0 atom stereocenters. The molecule has 0 fully saturated rings. The van der Waals surface area contributed by atoms with Crippen molar-refractivity contribution in [2.24, 2.45) is 0 Å². The molecule has 0 aliphatic heterocycles. The van der Waals surface area contributed by atoms with Crippen molar-refractivity contribution in [3.63, 3.8) is 0 Å². The molecule has 3 rings (SSSR count). The Kier molecular flexibility index (Phi) is 3.32. The number of nitrogens with zero attached hydrogens (tertiary/aromatic N) is 1. The second kappa shape index (κ2) is 5.13. The molecule has 0 aliphatic carbocycles. The number of benzene rings is 2. The molecule has 3 aromatic rings. The largest absolute Gasteiger partial charge is 0.289 e. The van der Waals surface area contributed by atoms with E-state index in [0.717, 1.165) is 10.9 Å². The van der Waals surface area contributed by atoms with Gasteiger partial charge in [0.25, 0.3) is 0 Å². The van der Waals surface area contributed by atoms with Gasteiger partial charge < -0.3 is 0 Å². The van der Waals surface area contributed by atoms with E-state index in [4.69, 9.17) is 0 Å². The molecule has 1 aromatic heterocycles. The molecule has 4 heteroatoms. The summed E-state index contributed by atoms with van der Waals surface area (Å²) in [6.45, 7) is 0. The van der Waals surface area contributed by atoms with Gasteiger partial charge in [-0.05, 0) is 30.3 Å². The van der Waals surface area contributed by atoms with Gasteiger partial charge >= 0.3 is 0 Å². The average molecular weight is 330 g/mol. The summed E-state index contributed by atoms with van der Waals surface area (Å²) in [4.78, 5) is 16.6. The maximum atomic E-state index is 13.4. The summed E-state index contributed by atoms with van der Waals surface area (Å²) in [7, 11) is 0. The van der Waals surface area contributed by atoms with E-state index < -0.39 is 5.82 Å². The van der Waals surface area contributed by atoms with Gasteiger partial charge in [0.15, 0.2) is 5.78 Å². The third-order valence-corrected chi connectivity index (χ3v) is 3.45. The summed E-state index contributed by atoms with van der Waals surface area (Å²) in [6, 6.07) is 13.2. The van der Waals surface area contributed by atoms with Crippen LogP contribution in [0.4, 0.5) is 4.39 Å². The van der Waals surface area contributed by atoms with E-state index in [1.807, 2.05) is 18.2 Å². The summed E-state index contributed by atoms with van der Waals surface area (Å²) in [6.07, 6.45) is 1.68. The third kappa shape index (κ3) is 2.47. The number of hydrogen-bond donors (Lipinski definition) is 0. The van der Waals surface area contributed by atoms with Gasteiger partial charge in [0.05, 0.1) is 5.52 Å². The van der Waals surface area contributed by atoms with E-state index in [1.54, 1.807) is 24.4 Å². The zero-order chi connectivity index (χ0) is 14.1. The monoisotopic (exact) mass is 329 g/mol. The fraction of sp³-hybridized carbons (Fsp3) is 0. The van der Waals surface area contributed by atoms with E-state index in [2.05, 4.69) is 20.9 Å². The molecule has 0 saturated carbocycles. The zero-order valence-corrected chi connectivity index (χ0v) is 11.9. The van der Waals surface area contributed by atoms with Crippen LogP contribution in [0, 0.1) is 5.82 Å². The molecule has 0 amide bonds. The van der Waals surface area contributed by atoms with Crippen LogP contribution in [-0.2, 0) is 0 Å². The van der Waals surface area contributed by atoms with Crippen molar-refractivity contribution >= 4 is 32.6 Å². The average Bonchev–Trinajstić information content (AvgIpc) is 2.45. The highest BCUT2D eigenvalue weighted by atomic mass is 79.9. The van der Waals surface area contributed by atoms with Crippen LogP contribution in [0.15, 0.2) is 59.2 Å². The van der Waals surface area contributed by atoms with Crippen molar-refractivity contribution in [3.8, 4) is 0 Å². The number of fused-ring (bicyclic) bond motifs is 1. The van der Waals surface area contributed by atoms with Gasteiger partial charge in [0, 0.05) is 27.2 Å². The number of carbonyl (C=O) groups is 1. The second-order valence-electron chi connectivity index (χ2n) is 4.40. The molecular formula is C16H9BrFNO. The molecule has 0 aliphatic rings. The topological polar surface area (TPSA) is 30.0 Å². The van der Waals surface area contributed by atoms with Crippen LogP contribution in [0.1, 0.15) is 15.9 Å². The lowest BCUT2D eigenvalue weighted by atomic mass is 10.0. The molecule has 1 heterocycles. The van der Waals surface area contributed by atoms with Crippen LogP contribution in [-0.4, -0.2) is 10.8 Å². The maximum Gasteiger partial charge on any atom is 0.193 e. The quantitative estimate of drug-likeness (QED) is 0.653. The maximum absolute atomic E-state index is 13.4. The zero-order valence-electron chi connectivity index (χ0n) is 10.3. The van der Waals surface area contributed by atoms with Gasteiger partial charge in [-0.25, -0.2) is 4.39 Å². The van der Waals surface area contributed by atoms with Crippen molar-refractivity contribution in [3.05, 3.63) is 76.1 Å². The van der Waals surface area contributed by atoms with Gasteiger partial charge in [0.1, 0.15) is 5.82 Å². The Morgan fingerprint density at radius 1 is 1.05 bits per heavy atom. The summed E-state index contributed by atoms with van der Waals surface area (Å²) in [5, 5.41) is 0.962. The summed E-state index contributed by atoms with van der Waals surface area (Å²) in [5.41, 5.74) is 1.55. The highest BCUT2D eigenvalue weighted by Gasteiger charge is 2.12. The Hall–Kier alpha value is -2.07. The first-order valence-corrected chi connectivity index (χ1v) is 6.78. The molecule has 0 N–H and O–H groups in total. The van der Waals surface area contributed by atoms with E-state index in [1.165, 1.54) is 12.1 Å². The molecular weight excluding hydrogens is 321 g/mol. The van der Waals surface area contributed by atoms with Crippen LogP contribution in [0.5, 0.6) is 0 Å². The number of carbonyl (C=O) groups excluding carboxylic acids is 1. The first-order chi connectivity index (χ1) is 9.63. The standard InChI is InChI=1S/C16H9BrFNO/c17-13-6-12(7-14(18)9-13)16(20)11-4-3-10-2-1-5-19-15(10)8-11/h1-9H. The lowest BCUT2D eigenvalue weighted by Gasteiger charge is -2.04. The number of ketones is 1. The van der Waals surface area contributed by atoms with Gasteiger partial charge in [-0.1, -0.05) is 34.1 Å². The van der Waals surface area contributed by atoms with Crippen LogP contribution in [0.25, 0.3) is 10.9 Å². The minimum Gasteiger partial charge on any atom is -0.289 e. The predicted octanol–water partition coefficient (Wildman–Crippen LogP) is 4.37. The number of pyridine rings is 1. The minimum absolute atomic E-state index is 0.224. The molecule has 0 spiro atoms. The first kappa shape index (κ1) is 12.9. The Bertz CT molecular complexity index is 796. The summed E-state index contributed by atoms with van der Waals surface area (Å²) < 4.78 is 13.9. The van der Waals surface area contributed by atoms with Gasteiger partial charge in [-0.3, -0.25) is 9.78 Å². The van der Waals surface area contributed by atoms with Crippen molar-refractivity contribution in [1.29, 1.82) is 0 Å². The van der Waals surface area contributed by atoms with Gasteiger partial charge in [-0.2, -0.15) is 0 Å². The van der Waals surface area contributed by atoms with Crippen LogP contribution < -0.4 is 0 Å². The molecule has 98 valence electrons. The molecule has 0 saturated heterocycles. The lowest BCUT2D eigenvalue weighted by Crippen LogP contribution is -2.02. The third-order valence-electron chi connectivity index (χ3n) is 2.99. The Labute approximate surface area is 123 Å². The number of halogens is 2. The van der Waals surface area contributed by atoms with E-state index >= 15 is 0 Å². The van der Waals surface area contributed by atoms with Crippen molar-refractivity contribution in [2.45, 2.75) is 0 Å². The van der Waals surface area contributed by atoms with Crippen LogP contribution in [0.2, 0.25) is 0 Å². The summed E-state index contributed by atoms with van der Waals surface area (Å²) >= 11 is 3.19. The van der Waals surface area contributed by atoms with Gasteiger partial charge in [-0.15, -0.1) is 0 Å².